The van der Waals surface area contributed by atoms with Gasteiger partial charge in [0.1, 0.15) is 5.82 Å². The largest absolute Gasteiger partial charge is 0.299 e. The van der Waals surface area contributed by atoms with Gasteiger partial charge in [0, 0.05) is 30.5 Å². The maximum atomic E-state index is 13.4. The lowest BCUT2D eigenvalue weighted by Gasteiger charge is -2.32. The predicted molar refractivity (Wildman–Crippen MR) is 86.3 cm³/mol. The molecule has 0 unspecified atom stereocenters. The summed E-state index contributed by atoms with van der Waals surface area (Å²) in [5.74, 6) is 0.508. The summed E-state index contributed by atoms with van der Waals surface area (Å²) >= 11 is 5.91. The van der Waals surface area contributed by atoms with E-state index in [-0.39, 0.29) is 5.82 Å². The fourth-order valence-corrected chi connectivity index (χ4v) is 3.39. The Hall–Kier alpha value is -1.39. The van der Waals surface area contributed by atoms with Crippen LogP contribution in [0.25, 0.3) is 0 Å². The minimum absolute atomic E-state index is 0.253. The van der Waals surface area contributed by atoms with Crippen molar-refractivity contribution in [3.05, 3.63) is 53.1 Å². The second kappa shape index (κ2) is 7.25. The van der Waals surface area contributed by atoms with E-state index in [1.807, 2.05) is 29.2 Å². The monoisotopic (exact) mass is 321 g/mol. The van der Waals surface area contributed by atoms with Crippen molar-refractivity contribution in [3.8, 4) is 0 Å². The summed E-state index contributed by atoms with van der Waals surface area (Å²) in [7, 11) is 0. The highest BCUT2D eigenvalue weighted by Crippen LogP contribution is 2.23. The van der Waals surface area contributed by atoms with E-state index in [0.29, 0.717) is 5.02 Å². The van der Waals surface area contributed by atoms with E-state index >= 15 is 0 Å². The van der Waals surface area contributed by atoms with Crippen molar-refractivity contribution in [2.75, 3.05) is 13.1 Å². The number of likely N-dealkylation sites (tertiary alicyclic amines) is 1. The van der Waals surface area contributed by atoms with Crippen molar-refractivity contribution in [1.82, 2.24) is 14.7 Å². The van der Waals surface area contributed by atoms with Gasteiger partial charge >= 0.3 is 0 Å². The molecule has 2 aromatic rings. The zero-order chi connectivity index (χ0) is 15.4. The van der Waals surface area contributed by atoms with E-state index in [4.69, 9.17) is 11.6 Å². The lowest BCUT2D eigenvalue weighted by Crippen LogP contribution is -2.33. The van der Waals surface area contributed by atoms with Gasteiger partial charge in [-0.05, 0) is 68.1 Å². The Bertz CT molecular complexity index is 572. The molecular formula is C17H21ClFN3. The lowest BCUT2D eigenvalue weighted by atomic mass is 9.93. The number of halogens is 2. The van der Waals surface area contributed by atoms with Gasteiger partial charge in [0.25, 0.3) is 0 Å². The number of benzene rings is 1. The first-order chi connectivity index (χ1) is 10.7. The molecule has 1 aromatic heterocycles. The molecule has 118 valence electrons. The summed E-state index contributed by atoms with van der Waals surface area (Å²) in [6, 6.07) is 6.75. The Balaban J connectivity index is 1.45. The van der Waals surface area contributed by atoms with Crippen LogP contribution in [-0.4, -0.2) is 27.8 Å². The molecule has 2 heterocycles. The van der Waals surface area contributed by atoms with Gasteiger partial charge in [0.15, 0.2) is 0 Å². The highest BCUT2D eigenvalue weighted by Gasteiger charge is 2.19. The standard InChI is InChI=1S/C17H21ClFN3/c18-16-10-15(11-17(19)12-16)13-21-7-2-14(3-8-21)4-9-22-6-1-5-20-22/h1,5-6,10-12,14H,2-4,7-9,13H2. The predicted octanol–water partition coefficient (Wildman–Crippen LogP) is 3.98. The van der Waals surface area contributed by atoms with Gasteiger partial charge in [-0.25, -0.2) is 4.39 Å². The molecule has 0 aliphatic carbocycles. The molecular weight excluding hydrogens is 301 g/mol. The average molecular weight is 322 g/mol. The van der Waals surface area contributed by atoms with Gasteiger partial charge in [-0.15, -0.1) is 0 Å². The SMILES string of the molecule is Fc1cc(Cl)cc(CN2CCC(CCn3cccn3)CC2)c1. The van der Waals surface area contributed by atoms with Crippen LogP contribution in [0, 0.1) is 11.7 Å². The third kappa shape index (κ3) is 4.31. The topological polar surface area (TPSA) is 21.1 Å². The van der Waals surface area contributed by atoms with Crippen molar-refractivity contribution < 1.29 is 4.39 Å². The van der Waals surface area contributed by atoms with Crippen LogP contribution in [0.15, 0.2) is 36.7 Å². The van der Waals surface area contributed by atoms with Gasteiger partial charge in [-0.3, -0.25) is 9.58 Å². The molecule has 0 bridgehead atoms. The van der Waals surface area contributed by atoms with Crippen molar-refractivity contribution in [2.24, 2.45) is 5.92 Å². The van der Waals surface area contributed by atoms with Crippen LogP contribution in [-0.2, 0) is 13.1 Å². The van der Waals surface area contributed by atoms with Gasteiger partial charge < -0.3 is 0 Å². The number of piperidine rings is 1. The first kappa shape index (κ1) is 15.5. The number of rotatable bonds is 5. The molecule has 0 radical (unpaired) electrons. The van der Waals surface area contributed by atoms with Crippen LogP contribution in [0.1, 0.15) is 24.8 Å². The first-order valence-electron chi connectivity index (χ1n) is 7.84. The Morgan fingerprint density at radius 1 is 1.23 bits per heavy atom. The molecule has 22 heavy (non-hydrogen) atoms. The molecule has 0 amide bonds. The Kier molecular flexibility index (Phi) is 5.11. The van der Waals surface area contributed by atoms with Crippen LogP contribution in [0.5, 0.6) is 0 Å². The van der Waals surface area contributed by atoms with Crippen molar-refractivity contribution in [3.63, 3.8) is 0 Å². The third-order valence-corrected chi connectivity index (χ3v) is 4.58. The zero-order valence-electron chi connectivity index (χ0n) is 12.6. The van der Waals surface area contributed by atoms with Crippen molar-refractivity contribution >= 4 is 11.6 Å². The van der Waals surface area contributed by atoms with Gasteiger partial charge in [0.2, 0.25) is 0 Å². The molecule has 3 nitrogen and oxygen atoms in total. The molecule has 1 aliphatic rings. The smallest absolute Gasteiger partial charge is 0.125 e. The minimum Gasteiger partial charge on any atom is -0.299 e. The summed E-state index contributed by atoms with van der Waals surface area (Å²) in [6.07, 6.45) is 7.42. The summed E-state index contributed by atoms with van der Waals surface area (Å²) in [6.45, 7) is 3.91. The van der Waals surface area contributed by atoms with Crippen molar-refractivity contribution in [2.45, 2.75) is 32.4 Å². The second-order valence-corrected chi connectivity index (χ2v) is 6.49. The van der Waals surface area contributed by atoms with Gasteiger partial charge in [0.05, 0.1) is 0 Å². The minimum atomic E-state index is -0.253. The van der Waals surface area contributed by atoms with Crippen LogP contribution in [0.3, 0.4) is 0 Å². The van der Waals surface area contributed by atoms with Crippen LogP contribution < -0.4 is 0 Å². The van der Waals surface area contributed by atoms with E-state index in [1.165, 1.54) is 25.3 Å². The molecule has 1 saturated heterocycles. The summed E-state index contributed by atoms with van der Waals surface area (Å²) in [4.78, 5) is 2.38. The van der Waals surface area contributed by atoms with E-state index in [0.717, 1.165) is 37.7 Å². The first-order valence-corrected chi connectivity index (χ1v) is 8.21. The molecule has 1 aliphatic heterocycles. The van der Waals surface area contributed by atoms with E-state index in [9.17, 15) is 4.39 Å². The molecule has 0 spiro atoms. The molecule has 1 aromatic carbocycles. The summed E-state index contributed by atoms with van der Waals surface area (Å²) in [5, 5.41) is 4.72. The number of hydrogen-bond acceptors (Lipinski definition) is 2. The maximum Gasteiger partial charge on any atom is 0.125 e. The highest BCUT2D eigenvalue weighted by molar-refractivity contribution is 6.30. The number of hydrogen-bond donors (Lipinski definition) is 0. The Labute approximate surface area is 135 Å². The fourth-order valence-electron chi connectivity index (χ4n) is 3.14. The van der Waals surface area contributed by atoms with Crippen LogP contribution in [0.4, 0.5) is 4.39 Å². The second-order valence-electron chi connectivity index (χ2n) is 6.06. The summed E-state index contributed by atoms with van der Waals surface area (Å²) < 4.78 is 15.4. The van der Waals surface area contributed by atoms with E-state index in [1.54, 1.807) is 6.07 Å². The molecule has 1 fully saturated rings. The van der Waals surface area contributed by atoms with Crippen LogP contribution >= 0.6 is 11.6 Å². The molecule has 0 N–H and O–H groups in total. The van der Waals surface area contributed by atoms with Crippen molar-refractivity contribution in [1.29, 1.82) is 0 Å². The quantitative estimate of drug-likeness (QED) is 0.830. The lowest BCUT2D eigenvalue weighted by molar-refractivity contribution is 0.168. The van der Waals surface area contributed by atoms with E-state index in [2.05, 4.69) is 10.00 Å². The average Bonchev–Trinajstić information content (AvgIpc) is 2.99. The molecule has 5 heteroatoms. The maximum absolute atomic E-state index is 13.4. The number of aryl methyl sites for hydroxylation is 1. The molecule has 0 saturated carbocycles. The normalized spacial score (nSPS) is 17.0. The van der Waals surface area contributed by atoms with Crippen LogP contribution in [0.2, 0.25) is 5.02 Å². The summed E-state index contributed by atoms with van der Waals surface area (Å²) in [5.41, 5.74) is 0.958. The van der Waals surface area contributed by atoms with E-state index < -0.39 is 0 Å². The van der Waals surface area contributed by atoms with Gasteiger partial charge in [-0.2, -0.15) is 5.10 Å². The molecule has 0 atom stereocenters. The zero-order valence-corrected chi connectivity index (χ0v) is 13.3. The van der Waals surface area contributed by atoms with Gasteiger partial charge in [-0.1, -0.05) is 11.6 Å². The highest BCUT2D eigenvalue weighted by atomic mass is 35.5. The Morgan fingerprint density at radius 2 is 2.05 bits per heavy atom. The fraction of sp³-hybridized carbons (Fsp3) is 0.471. The Morgan fingerprint density at radius 3 is 2.73 bits per heavy atom. The third-order valence-electron chi connectivity index (χ3n) is 4.36. The number of aromatic nitrogens is 2. The number of nitrogens with zero attached hydrogens (tertiary/aromatic N) is 3. The molecule has 3 rings (SSSR count).